The summed E-state index contributed by atoms with van der Waals surface area (Å²) in [6.45, 7) is 0.272. The number of aromatic nitrogens is 3. The molecule has 0 saturated heterocycles. The summed E-state index contributed by atoms with van der Waals surface area (Å²) in [5, 5.41) is 7.50. The van der Waals surface area contributed by atoms with Crippen LogP contribution in [0.25, 0.3) is 22.6 Å². The molecule has 0 saturated carbocycles. The largest absolute Gasteiger partial charge is 0.484 e. The SMILES string of the molecule is c1ccc2oc(COc3ccc(-c4nnco4)cc3)nc2c1. The van der Waals surface area contributed by atoms with E-state index < -0.39 is 0 Å². The minimum Gasteiger partial charge on any atom is -0.484 e. The van der Waals surface area contributed by atoms with Gasteiger partial charge in [-0.1, -0.05) is 12.1 Å². The molecular formula is C16H11N3O3. The third-order valence-corrected chi connectivity index (χ3v) is 3.16. The number of hydrogen-bond acceptors (Lipinski definition) is 6. The Morgan fingerprint density at radius 2 is 1.86 bits per heavy atom. The molecule has 0 aliphatic heterocycles. The molecule has 22 heavy (non-hydrogen) atoms. The minimum absolute atomic E-state index is 0.272. The van der Waals surface area contributed by atoms with Crippen molar-refractivity contribution in [2.24, 2.45) is 0 Å². The molecule has 0 fully saturated rings. The fraction of sp³-hybridized carbons (Fsp3) is 0.0625. The molecule has 0 spiro atoms. The van der Waals surface area contributed by atoms with Crippen LogP contribution in [-0.4, -0.2) is 15.2 Å². The van der Waals surface area contributed by atoms with Gasteiger partial charge in [-0.15, -0.1) is 10.2 Å². The summed E-state index contributed by atoms with van der Waals surface area (Å²) in [6.07, 6.45) is 1.30. The lowest BCUT2D eigenvalue weighted by Crippen LogP contribution is -1.95. The molecule has 0 aliphatic carbocycles. The van der Waals surface area contributed by atoms with Gasteiger partial charge in [0.1, 0.15) is 11.3 Å². The van der Waals surface area contributed by atoms with E-state index >= 15 is 0 Å². The molecule has 0 atom stereocenters. The lowest BCUT2D eigenvalue weighted by atomic mass is 10.2. The molecule has 0 unspecified atom stereocenters. The van der Waals surface area contributed by atoms with Crippen LogP contribution in [0.2, 0.25) is 0 Å². The molecule has 6 nitrogen and oxygen atoms in total. The number of ether oxygens (including phenoxy) is 1. The number of rotatable bonds is 4. The standard InChI is InChI=1S/C16H11N3O3/c1-2-4-14-13(3-1)18-15(22-14)9-20-12-7-5-11(6-8-12)16-19-17-10-21-16/h1-8,10H,9H2. The third kappa shape index (κ3) is 2.42. The van der Waals surface area contributed by atoms with Crippen LogP contribution in [0.3, 0.4) is 0 Å². The van der Waals surface area contributed by atoms with Gasteiger partial charge < -0.3 is 13.6 Å². The van der Waals surface area contributed by atoms with Crippen molar-refractivity contribution in [3.8, 4) is 17.2 Å². The van der Waals surface area contributed by atoms with Crippen molar-refractivity contribution in [1.29, 1.82) is 0 Å². The van der Waals surface area contributed by atoms with Crippen LogP contribution in [0.1, 0.15) is 5.89 Å². The van der Waals surface area contributed by atoms with E-state index in [0.29, 0.717) is 17.5 Å². The van der Waals surface area contributed by atoms with E-state index in [9.17, 15) is 0 Å². The van der Waals surface area contributed by atoms with Crippen molar-refractivity contribution in [2.45, 2.75) is 6.61 Å². The topological polar surface area (TPSA) is 74.2 Å². The van der Waals surface area contributed by atoms with Crippen LogP contribution in [0.5, 0.6) is 5.75 Å². The zero-order valence-corrected chi connectivity index (χ0v) is 11.5. The van der Waals surface area contributed by atoms with E-state index in [2.05, 4.69) is 15.2 Å². The first-order valence-electron chi connectivity index (χ1n) is 6.72. The molecule has 0 bridgehead atoms. The lowest BCUT2D eigenvalue weighted by molar-refractivity contribution is 0.267. The van der Waals surface area contributed by atoms with Gasteiger partial charge >= 0.3 is 0 Å². The van der Waals surface area contributed by atoms with E-state index in [4.69, 9.17) is 13.6 Å². The molecule has 4 rings (SSSR count). The quantitative estimate of drug-likeness (QED) is 0.573. The van der Waals surface area contributed by atoms with Gasteiger partial charge in [0.15, 0.2) is 12.2 Å². The van der Waals surface area contributed by atoms with Gasteiger partial charge in [0.2, 0.25) is 18.2 Å². The zero-order chi connectivity index (χ0) is 14.8. The number of nitrogens with zero attached hydrogens (tertiary/aromatic N) is 3. The molecule has 0 radical (unpaired) electrons. The number of hydrogen-bond donors (Lipinski definition) is 0. The monoisotopic (exact) mass is 293 g/mol. The Kier molecular flexibility index (Phi) is 3.05. The molecule has 108 valence electrons. The van der Waals surface area contributed by atoms with Crippen molar-refractivity contribution < 1.29 is 13.6 Å². The summed E-state index contributed by atoms with van der Waals surface area (Å²) in [5.74, 6) is 1.73. The summed E-state index contributed by atoms with van der Waals surface area (Å²) < 4.78 is 16.4. The summed E-state index contributed by atoms with van der Waals surface area (Å²) in [7, 11) is 0. The van der Waals surface area contributed by atoms with E-state index in [-0.39, 0.29) is 6.61 Å². The maximum Gasteiger partial charge on any atom is 0.247 e. The average molecular weight is 293 g/mol. The summed E-state index contributed by atoms with van der Waals surface area (Å²) in [4.78, 5) is 4.36. The predicted octanol–water partition coefficient (Wildman–Crippen LogP) is 3.46. The Morgan fingerprint density at radius 3 is 2.64 bits per heavy atom. The van der Waals surface area contributed by atoms with Gasteiger partial charge in [-0.3, -0.25) is 0 Å². The second kappa shape index (κ2) is 5.33. The molecule has 2 aromatic heterocycles. The normalized spacial score (nSPS) is 10.9. The van der Waals surface area contributed by atoms with E-state index in [1.807, 2.05) is 48.5 Å². The minimum atomic E-state index is 0.272. The van der Waals surface area contributed by atoms with Crippen LogP contribution < -0.4 is 4.74 Å². The highest BCUT2D eigenvalue weighted by atomic mass is 16.5. The Bertz CT molecular complexity index is 850. The fourth-order valence-corrected chi connectivity index (χ4v) is 2.12. The van der Waals surface area contributed by atoms with Crippen LogP contribution in [-0.2, 0) is 6.61 Å². The first kappa shape index (κ1) is 12.6. The van der Waals surface area contributed by atoms with Crippen molar-refractivity contribution in [1.82, 2.24) is 15.2 Å². The Morgan fingerprint density at radius 1 is 1.00 bits per heavy atom. The first-order valence-corrected chi connectivity index (χ1v) is 6.72. The number of oxazole rings is 1. The van der Waals surface area contributed by atoms with E-state index in [0.717, 1.165) is 16.7 Å². The summed E-state index contributed by atoms with van der Waals surface area (Å²) in [5.41, 5.74) is 2.42. The zero-order valence-electron chi connectivity index (χ0n) is 11.5. The molecule has 6 heteroatoms. The van der Waals surface area contributed by atoms with Gasteiger partial charge in [-0.2, -0.15) is 0 Å². The Labute approximate surface area is 125 Å². The fourth-order valence-electron chi connectivity index (χ4n) is 2.12. The number of benzene rings is 2. The van der Waals surface area contributed by atoms with Crippen LogP contribution in [0, 0.1) is 0 Å². The molecule has 2 aromatic carbocycles. The molecule has 0 amide bonds. The maximum atomic E-state index is 5.67. The highest BCUT2D eigenvalue weighted by molar-refractivity contribution is 5.72. The average Bonchev–Trinajstić information content (AvgIpc) is 3.22. The van der Waals surface area contributed by atoms with Gasteiger partial charge in [-0.25, -0.2) is 4.98 Å². The maximum absolute atomic E-state index is 5.67. The Hall–Kier alpha value is -3.15. The molecule has 0 aliphatic rings. The highest BCUT2D eigenvalue weighted by Gasteiger charge is 2.07. The molecule has 2 heterocycles. The predicted molar refractivity (Wildman–Crippen MR) is 78.1 cm³/mol. The number of fused-ring (bicyclic) bond motifs is 1. The summed E-state index contributed by atoms with van der Waals surface area (Å²) in [6, 6.07) is 15.0. The van der Waals surface area contributed by atoms with Gasteiger partial charge in [0.25, 0.3) is 0 Å². The van der Waals surface area contributed by atoms with E-state index in [1.165, 1.54) is 6.39 Å². The molecule has 4 aromatic rings. The van der Waals surface area contributed by atoms with Gasteiger partial charge in [0.05, 0.1) is 0 Å². The van der Waals surface area contributed by atoms with Crippen LogP contribution >= 0.6 is 0 Å². The lowest BCUT2D eigenvalue weighted by Gasteiger charge is -2.03. The van der Waals surface area contributed by atoms with Gasteiger partial charge in [0, 0.05) is 5.56 Å². The smallest absolute Gasteiger partial charge is 0.247 e. The number of para-hydroxylation sites is 2. The van der Waals surface area contributed by atoms with Crippen molar-refractivity contribution >= 4 is 11.1 Å². The van der Waals surface area contributed by atoms with Crippen molar-refractivity contribution in [3.05, 3.63) is 60.8 Å². The van der Waals surface area contributed by atoms with Crippen molar-refractivity contribution in [2.75, 3.05) is 0 Å². The van der Waals surface area contributed by atoms with E-state index in [1.54, 1.807) is 0 Å². The second-order valence-corrected chi connectivity index (χ2v) is 4.63. The van der Waals surface area contributed by atoms with Crippen molar-refractivity contribution in [3.63, 3.8) is 0 Å². The van der Waals surface area contributed by atoms with Crippen LogP contribution in [0.4, 0.5) is 0 Å². The first-order chi connectivity index (χ1) is 10.9. The molecule has 0 N–H and O–H groups in total. The third-order valence-electron chi connectivity index (χ3n) is 3.16. The summed E-state index contributed by atoms with van der Waals surface area (Å²) >= 11 is 0. The Balaban J connectivity index is 1.47. The highest BCUT2D eigenvalue weighted by Crippen LogP contribution is 2.21. The molecular weight excluding hydrogens is 282 g/mol. The second-order valence-electron chi connectivity index (χ2n) is 4.63. The van der Waals surface area contributed by atoms with Gasteiger partial charge in [-0.05, 0) is 36.4 Å². The van der Waals surface area contributed by atoms with Crippen LogP contribution in [0.15, 0.2) is 63.8 Å².